The Kier molecular flexibility index (Phi) is 7.51. The number of hydrogen-bond donors (Lipinski definition) is 3. The maximum Gasteiger partial charge on any atom is 0.323 e. The van der Waals surface area contributed by atoms with Crippen molar-refractivity contribution in [3.8, 4) is 0 Å². The number of halogens is 1. The van der Waals surface area contributed by atoms with Crippen molar-refractivity contribution >= 4 is 41.4 Å². The molecule has 0 fully saturated rings. The number of anilines is 2. The number of benzene rings is 1. The van der Waals surface area contributed by atoms with Gasteiger partial charge in [0.2, 0.25) is 0 Å². The smallest absolute Gasteiger partial charge is 0.323 e. The van der Waals surface area contributed by atoms with Crippen molar-refractivity contribution in [3.63, 3.8) is 0 Å². The highest BCUT2D eigenvalue weighted by Gasteiger charge is 2.16. The number of fused-ring (bicyclic) bond motifs is 1. The summed E-state index contributed by atoms with van der Waals surface area (Å²) in [5.41, 5.74) is 7.59. The van der Waals surface area contributed by atoms with Gasteiger partial charge in [-0.3, -0.25) is 4.79 Å². The summed E-state index contributed by atoms with van der Waals surface area (Å²) >= 11 is 0. The van der Waals surface area contributed by atoms with Crippen LogP contribution in [0.5, 0.6) is 0 Å². The summed E-state index contributed by atoms with van der Waals surface area (Å²) in [6.45, 7) is 8.31. The Labute approximate surface area is 187 Å². The second-order valence-electron chi connectivity index (χ2n) is 7.52. The highest BCUT2D eigenvalue weighted by atomic mass is 35.5. The molecule has 2 heterocycles. The zero-order valence-electron chi connectivity index (χ0n) is 18.3. The minimum atomic E-state index is -1.07. The third-order valence-electron chi connectivity index (χ3n) is 5.27. The predicted molar refractivity (Wildman–Crippen MR) is 124 cm³/mol. The number of urea groups is 1. The highest BCUT2D eigenvalue weighted by molar-refractivity contribution is 5.92. The first-order valence-corrected chi connectivity index (χ1v) is 9.69. The standard InChI is InChI=1S/C22H27N5O3.ClH/c1-13-7-6-8-14(2)18(13)10-23-19-9-17(25-22(30)26(5)12-20(28)29)11-27-16(4)15(3)24-21(19)27;/h6-9,11,23H,10,12H2,1-5H3,(H,25,30)(H,28,29);1H. The number of nitrogens with zero attached hydrogens (tertiary/aromatic N) is 3. The summed E-state index contributed by atoms with van der Waals surface area (Å²) < 4.78 is 1.93. The van der Waals surface area contributed by atoms with E-state index in [-0.39, 0.29) is 19.0 Å². The van der Waals surface area contributed by atoms with Crippen molar-refractivity contribution in [3.05, 3.63) is 58.5 Å². The van der Waals surface area contributed by atoms with E-state index in [1.807, 2.05) is 30.4 Å². The normalized spacial score (nSPS) is 10.5. The molecule has 0 aliphatic carbocycles. The van der Waals surface area contributed by atoms with Gasteiger partial charge in [-0.25, -0.2) is 9.78 Å². The molecule has 0 saturated carbocycles. The second-order valence-corrected chi connectivity index (χ2v) is 7.52. The van der Waals surface area contributed by atoms with E-state index in [4.69, 9.17) is 5.11 Å². The van der Waals surface area contributed by atoms with Crippen LogP contribution >= 0.6 is 12.4 Å². The largest absolute Gasteiger partial charge is 0.480 e. The number of carboxylic acid groups (broad SMARTS) is 1. The van der Waals surface area contributed by atoms with Crippen LogP contribution in [-0.4, -0.2) is 45.0 Å². The first-order valence-electron chi connectivity index (χ1n) is 9.69. The Morgan fingerprint density at radius 1 is 1.16 bits per heavy atom. The molecule has 0 aliphatic rings. The molecule has 3 N–H and O–H groups in total. The molecule has 8 nitrogen and oxygen atoms in total. The lowest BCUT2D eigenvalue weighted by molar-refractivity contribution is -0.137. The molecular weight excluding hydrogens is 418 g/mol. The second kappa shape index (κ2) is 9.70. The van der Waals surface area contributed by atoms with Gasteiger partial charge in [0.25, 0.3) is 0 Å². The maximum absolute atomic E-state index is 12.4. The fourth-order valence-corrected chi connectivity index (χ4v) is 3.37. The molecule has 3 rings (SSSR count). The molecule has 2 aromatic heterocycles. The van der Waals surface area contributed by atoms with E-state index in [0.717, 1.165) is 27.6 Å². The summed E-state index contributed by atoms with van der Waals surface area (Å²) in [7, 11) is 1.44. The predicted octanol–water partition coefficient (Wildman–Crippen LogP) is 4.15. The van der Waals surface area contributed by atoms with Crippen LogP contribution in [-0.2, 0) is 11.3 Å². The molecule has 0 radical (unpaired) electrons. The fourth-order valence-electron chi connectivity index (χ4n) is 3.37. The number of nitrogens with one attached hydrogen (secondary N) is 2. The molecule has 3 aromatic rings. The third-order valence-corrected chi connectivity index (χ3v) is 5.27. The molecule has 2 amide bonds. The highest BCUT2D eigenvalue weighted by Crippen LogP contribution is 2.26. The summed E-state index contributed by atoms with van der Waals surface area (Å²) in [6, 6.07) is 7.53. The Morgan fingerprint density at radius 2 is 1.81 bits per heavy atom. The Morgan fingerprint density at radius 3 is 2.42 bits per heavy atom. The number of amides is 2. The van der Waals surface area contributed by atoms with Gasteiger partial charge in [-0.2, -0.15) is 0 Å². The van der Waals surface area contributed by atoms with Crippen molar-refractivity contribution in [1.82, 2.24) is 14.3 Å². The van der Waals surface area contributed by atoms with E-state index >= 15 is 0 Å². The lowest BCUT2D eigenvalue weighted by Crippen LogP contribution is -2.35. The SMILES string of the molecule is Cc1cccc(C)c1CNc1cc(NC(=O)N(C)CC(=O)O)cn2c(C)c(C)nc12.Cl. The number of likely N-dealkylation sites (N-methyl/N-ethyl adjacent to an activating group) is 1. The summed E-state index contributed by atoms with van der Waals surface area (Å²) in [4.78, 5) is 29.0. The van der Waals surface area contributed by atoms with E-state index in [2.05, 4.69) is 41.6 Å². The summed E-state index contributed by atoms with van der Waals surface area (Å²) in [5.74, 6) is -1.07. The van der Waals surface area contributed by atoms with Crippen LogP contribution < -0.4 is 10.6 Å². The average molecular weight is 446 g/mol. The van der Waals surface area contributed by atoms with E-state index in [1.54, 1.807) is 6.20 Å². The van der Waals surface area contributed by atoms with Crippen molar-refractivity contribution in [2.24, 2.45) is 0 Å². The lowest BCUT2D eigenvalue weighted by Gasteiger charge is -2.17. The van der Waals surface area contributed by atoms with Gasteiger partial charge < -0.3 is 25.0 Å². The van der Waals surface area contributed by atoms with Crippen molar-refractivity contribution in [2.45, 2.75) is 34.2 Å². The quantitative estimate of drug-likeness (QED) is 0.529. The fraction of sp³-hybridized carbons (Fsp3) is 0.318. The topological polar surface area (TPSA) is 99.0 Å². The van der Waals surface area contributed by atoms with Crippen LogP contribution in [0.2, 0.25) is 0 Å². The number of rotatable bonds is 6. The first kappa shape index (κ1) is 24.0. The van der Waals surface area contributed by atoms with Crippen LogP contribution in [0.4, 0.5) is 16.2 Å². The van der Waals surface area contributed by atoms with E-state index in [0.29, 0.717) is 12.2 Å². The van der Waals surface area contributed by atoms with E-state index < -0.39 is 12.0 Å². The van der Waals surface area contributed by atoms with Gasteiger partial charge >= 0.3 is 12.0 Å². The van der Waals surface area contributed by atoms with E-state index in [1.165, 1.54) is 23.7 Å². The van der Waals surface area contributed by atoms with Crippen LogP contribution in [0.1, 0.15) is 28.1 Å². The van der Waals surface area contributed by atoms with E-state index in [9.17, 15) is 9.59 Å². The molecular formula is C22H28ClN5O3. The van der Waals surface area contributed by atoms with Gasteiger partial charge in [0.15, 0.2) is 5.65 Å². The van der Waals surface area contributed by atoms with Gasteiger partial charge in [-0.05, 0) is 50.5 Å². The van der Waals surface area contributed by atoms with Crippen LogP contribution in [0, 0.1) is 27.7 Å². The van der Waals surface area contributed by atoms with Crippen LogP contribution in [0.25, 0.3) is 5.65 Å². The number of carbonyl (C=O) groups is 2. The number of aliphatic carboxylic acids is 1. The van der Waals surface area contributed by atoms with Gasteiger partial charge in [-0.15, -0.1) is 12.4 Å². The minimum absolute atomic E-state index is 0. The number of carbonyl (C=O) groups excluding carboxylic acids is 1. The van der Waals surface area contributed by atoms with Crippen molar-refractivity contribution < 1.29 is 14.7 Å². The molecule has 9 heteroatoms. The van der Waals surface area contributed by atoms with Gasteiger partial charge in [0.1, 0.15) is 6.54 Å². The number of hydrogen-bond acceptors (Lipinski definition) is 4. The zero-order chi connectivity index (χ0) is 22.0. The molecule has 31 heavy (non-hydrogen) atoms. The number of imidazole rings is 1. The number of carboxylic acids is 1. The molecule has 0 bridgehead atoms. The molecule has 1 aromatic carbocycles. The first-order chi connectivity index (χ1) is 14.2. The van der Waals surface area contributed by atoms with Gasteiger partial charge in [0.05, 0.1) is 17.1 Å². The van der Waals surface area contributed by atoms with Crippen LogP contribution in [0.3, 0.4) is 0 Å². The third kappa shape index (κ3) is 5.27. The molecule has 0 spiro atoms. The van der Waals surface area contributed by atoms with Gasteiger partial charge in [0, 0.05) is 25.5 Å². The van der Waals surface area contributed by atoms with Crippen molar-refractivity contribution in [2.75, 3.05) is 24.2 Å². The Balaban J connectivity index is 0.00000341. The molecule has 0 aliphatic heterocycles. The van der Waals surface area contributed by atoms with Crippen LogP contribution in [0.15, 0.2) is 30.5 Å². The number of pyridine rings is 1. The summed E-state index contributed by atoms with van der Waals surface area (Å²) in [5, 5.41) is 15.1. The van der Waals surface area contributed by atoms with Crippen molar-refractivity contribution in [1.29, 1.82) is 0 Å². The molecule has 0 atom stereocenters. The Hall–Kier alpha value is -3.26. The molecule has 0 saturated heterocycles. The van der Waals surface area contributed by atoms with Gasteiger partial charge in [-0.1, -0.05) is 18.2 Å². The lowest BCUT2D eigenvalue weighted by atomic mass is 10.0. The monoisotopic (exact) mass is 445 g/mol. The summed E-state index contributed by atoms with van der Waals surface area (Å²) in [6.07, 6.45) is 1.79. The average Bonchev–Trinajstić information content (AvgIpc) is 2.95. The Bertz CT molecular complexity index is 1110. The number of aromatic nitrogens is 2. The molecule has 166 valence electrons. The molecule has 0 unspecified atom stereocenters. The maximum atomic E-state index is 12.4. The zero-order valence-corrected chi connectivity index (χ0v) is 19.1. The minimum Gasteiger partial charge on any atom is -0.480 e. The number of aryl methyl sites for hydroxylation is 4.